The molecule has 1 atom stereocenters. The Balaban J connectivity index is 1.40. The molecule has 0 radical (unpaired) electrons. The van der Waals surface area contributed by atoms with Crippen LogP contribution in [0.5, 0.6) is 0 Å². The number of aliphatic hydroxyl groups is 1. The number of carboxylic acid groups (broad SMARTS) is 1. The van der Waals surface area contributed by atoms with Gasteiger partial charge in [0.05, 0.1) is 12.0 Å². The van der Waals surface area contributed by atoms with E-state index in [0.717, 1.165) is 19.4 Å². The Morgan fingerprint density at radius 3 is 2.33 bits per heavy atom. The summed E-state index contributed by atoms with van der Waals surface area (Å²) in [6, 6.07) is 17.1. The molecule has 3 N–H and O–H groups in total. The normalized spacial score (nSPS) is 18.6. The summed E-state index contributed by atoms with van der Waals surface area (Å²) < 4.78 is 2.28. The Bertz CT molecular complexity index is 1450. The number of para-hydroxylation sites is 2. The van der Waals surface area contributed by atoms with E-state index in [0.29, 0.717) is 12.8 Å². The number of amides is 1. The van der Waals surface area contributed by atoms with Crippen LogP contribution in [0.15, 0.2) is 84.6 Å². The lowest BCUT2D eigenvalue weighted by molar-refractivity contribution is -0.401. The molecule has 2 aromatic carbocycles. The van der Waals surface area contributed by atoms with Crippen LogP contribution in [-0.2, 0) is 20.4 Å². The summed E-state index contributed by atoms with van der Waals surface area (Å²) in [5.74, 6) is -1.58. The smallest absolute Gasteiger partial charge is 0.334 e. The molecule has 0 aliphatic carbocycles. The van der Waals surface area contributed by atoms with Crippen LogP contribution in [-0.4, -0.2) is 58.6 Å². The van der Waals surface area contributed by atoms with Gasteiger partial charge in [-0.15, -0.1) is 0 Å². The highest BCUT2D eigenvalue weighted by molar-refractivity contribution is 6.03. The van der Waals surface area contributed by atoms with Crippen molar-refractivity contribution in [2.24, 2.45) is 0 Å². The number of aliphatic hydroxyl groups excluding tert-OH is 1. The number of anilines is 1. The van der Waals surface area contributed by atoms with E-state index in [1.807, 2.05) is 0 Å². The van der Waals surface area contributed by atoms with Crippen LogP contribution < -0.4 is 10.2 Å². The Kier molecular flexibility index (Phi) is 9.52. The minimum absolute atomic E-state index is 0.0551. The number of hydrogen-bond donors (Lipinski definition) is 3. The molecule has 42 heavy (non-hydrogen) atoms. The van der Waals surface area contributed by atoms with Crippen molar-refractivity contribution >= 4 is 29.0 Å². The summed E-state index contributed by atoms with van der Waals surface area (Å²) in [7, 11) is 2.13. The van der Waals surface area contributed by atoms with Gasteiger partial charge in [0.1, 0.15) is 7.05 Å². The fourth-order valence-corrected chi connectivity index (χ4v) is 6.16. The number of carboxylic acids is 1. The van der Waals surface area contributed by atoms with Crippen LogP contribution in [0.2, 0.25) is 0 Å². The SMILES string of the molecule is C[N+]1=C(/C=C/C=C/C=C2/N(CCCCCC(=O)NC[C@H](O)C(=O)O)c3ccccc3C2(C)C)C(C)(C)c2ccccc21. The van der Waals surface area contributed by atoms with Crippen molar-refractivity contribution in [3.05, 3.63) is 95.7 Å². The van der Waals surface area contributed by atoms with Crippen molar-refractivity contribution in [2.45, 2.75) is 70.3 Å². The predicted molar refractivity (Wildman–Crippen MR) is 169 cm³/mol. The summed E-state index contributed by atoms with van der Waals surface area (Å²) in [6.07, 6.45) is 12.0. The molecule has 222 valence electrons. The highest BCUT2D eigenvalue weighted by Crippen LogP contribution is 2.47. The molecule has 0 saturated heterocycles. The highest BCUT2D eigenvalue weighted by atomic mass is 16.4. The molecule has 2 heterocycles. The second-order valence-electron chi connectivity index (χ2n) is 12.1. The Morgan fingerprint density at radius 1 is 0.929 bits per heavy atom. The summed E-state index contributed by atoms with van der Waals surface area (Å²) in [4.78, 5) is 25.1. The number of aliphatic carboxylic acids is 1. The average Bonchev–Trinajstić information content (AvgIpc) is 3.29. The number of fused-ring (bicyclic) bond motifs is 2. The van der Waals surface area contributed by atoms with Crippen molar-refractivity contribution in [3.63, 3.8) is 0 Å². The van der Waals surface area contributed by atoms with Crippen LogP contribution >= 0.6 is 0 Å². The Labute approximate surface area is 249 Å². The van der Waals surface area contributed by atoms with E-state index in [1.54, 1.807) is 0 Å². The number of carbonyl (C=O) groups excluding carboxylic acids is 1. The highest BCUT2D eigenvalue weighted by Gasteiger charge is 2.42. The van der Waals surface area contributed by atoms with Crippen LogP contribution in [0, 0.1) is 0 Å². The first kappa shape index (κ1) is 31.0. The van der Waals surface area contributed by atoms with E-state index in [1.165, 1.54) is 33.9 Å². The zero-order valence-corrected chi connectivity index (χ0v) is 25.4. The number of nitrogens with zero attached hydrogens (tertiary/aromatic N) is 2. The fourth-order valence-electron chi connectivity index (χ4n) is 6.16. The van der Waals surface area contributed by atoms with Crippen LogP contribution in [0.25, 0.3) is 0 Å². The molecule has 0 unspecified atom stereocenters. The Hall–Kier alpha value is -3.97. The molecule has 7 nitrogen and oxygen atoms in total. The van der Waals surface area contributed by atoms with Gasteiger partial charge in [0, 0.05) is 47.5 Å². The fraction of sp³-hybridized carbons (Fsp3) is 0.400. The van der Waals surface area contributed by atoms with Crippen molar-refractivity contribution in [1.82, 2.24) is 5.32 Å². The second-order valence-corrected chi connectivity index (χ2v) is 12.1. The number of allylic oxidation sites excluding steroid dienone is 6. The van der Waals surface area contributed by atoms with Gasteiger partial charge < -0.3 is 20.4 Å². The van der Waals surface area contributed by atoms with Crippen LogP contribution in [0.3, 0.4) is 0 Å². The maximum absolute atomic E-state index is 12.0. The third kappa shape index (κ3) is 6.41. The second kappa shape index (κ2) is 12.9. The van der Waals surface area contributed by atoms with Gasteiger partial charge in [-0.05, 0) is 44.4 Å². The first-order valence-electron chi connectivity index (χ1n) is 14.8. The number of benzene rings is 2. The monoisotopic (exact) mass is 570 g/mol. The number of unbranched alkanes of at least 4 members (excludes halogenated alkanes) is 2. The van der Waals surface area contributed by atoms with Crippen molar-refractivity contribution in [3.8, 4) is 0 Å². The third-order valence-corrected chi connectivity index (χ3v) is 8.53. The maximum atomic E-state index is 12.0. The quantitative estimate of drug-likeness (QED) is 0.175. The summed E-state index contributed by atoms with van der Waals surface area (Å²) >= 11 is 0. The van der Waals surface area contributed by atoms with Crippen LogP contribution in [0.1, 0.15) is 64.5 Å². The zero-order valence-electron chi connectivity index (χ0n) is 25.4. The van der Waals surface area contributed by atoms with Gasteiger partial charge in [-0.2, -0.15) is 4.58 Å². The van der Waals surface area contributed by atoms with Crippen LogP contribution in [0.4, 0.5) is 11.4 Å². The van der Waals surface area contributed by atoms with E-state index < -0.39 is 12.1 Å². The van der Waals surface area contributed by atoms with E-state index in [9.17, 15) is 14.7 Å². The first-order chi connectivity index (χ1) is 20.0. The molecule has 4 rings (SSSR count). The molecule has 2 aromatic rings. The van der Waals surface area contributed by atoms with Gasteiger partial charge in [0.15, 0.2) is 11.8 Å². The molecule has 0 fully saturated rings. The van der Waals surface area contributed by atoms with E-state index >= 15 is 0 Å². The number of hydrogen-bond acceptors (Lipinski definition) is 4. The van der Waals surface area contributed by atoms with E-state index in [4.69, 9.17) is 5.11 Å². The van der Waals surface area contributed by atoms with Gasteiger partial charge >= 0.3 is 5.97 Å². The summed E-state index contributed by atoms with van der Waals surface area (Å²) in [6.45, 7) is 9.64. The van der Waals surface area contributed by atoms with Crippen molar-refractivity contribution < 1.29 is 24.4 Å². The molecule has 0 bridgehead atoms. The molecule has 1 amide bonds. The van der Waals surface area contributed by atoms with Gasteiger partial charge in [-0.1, -0.05) is 74.9 Å². The van der Waals surface area contributed by atoms with E-state index in [2.05, 4.69) is 128 Å². The minimum atomic E-state index is -1.57. The first-order valence-corrected chi connectivity index (χ1v) is 14.8. The standard InChI is InChI=1S/C35H43N3O4/c1-34(2)25-16-11-13-18-27(25)37(5)30(34)20-8-6-9-21-31-35(3,4)26-17-12-14-19-28(26)38(31)23-15-7-10-22-32(40)36-24-29(39)33(41)42/h6,8-9,11-14,16-21,29,39H,7,10,15,22-24H2,1-5H3,(H-,36,40,41,42)/p+1/t29-/m0/s1. The predicted octanol–water partition coefficient (Wildman–Crippen LogP) is 5.61. The lowest BCUT2D eigenvalue weighted by Crippen LogP contribution is -2.36. The molecule has 0 saturated carbocycles. The van der Waals surface area contributed by atoms with Gasteiger partial charge in [0.25, 0.3) is 0 Å². The third-order valence-electron chi connectivity index (χ3n) is 8.53. The van der Waals surface area contributed by atoms with Gasteiger partial charge in [0.2, 0.25) is 11.6 Å². The molecule has 0 aromatic heterocycles. The van der Waals surface area contributed by atoms with E-state index in [-0.39, 0.29) is 23.3 Å². The Morgan fingerprint density at radius 2 is 1.62 bits per heavy atom. The lowest BCUT2D eigenvalue weighted by atomic mass is 9.81. The number of nitrogens with one attached hydrogen (secondary N) is 1. The largest absolute Gasteiger partial charge is 0.479 e. The molecule has 2 aliphatic heterocycles. The maximum Gasteiger partial charge on any atom is 0.334 e. The molecular weight excluding hydrogens is 526 g/mol. The summed E-state index contributed by atoms with van der Waals surface area (Å²) in [5.41, 5.74) is 7.44. The van der Waals surface area contributed by atoms with Crippen molar-refractivity contribution in [2.75, 3.05) is 25.0 Å². The zero-order chi connectivity index (χ0) is 30.5. The van der Waals surface area contributed by atoms with Gasteiger partial charge in [-0.3, -0.25) is 4.79 Å². The molecular formula is C35H44N3O4+. The molecule has 0 spiro atoms. The number of rotatable bonds is 12. The van der Waals surface area contributed by atoms with Crippen molar-refractivity contribution in [1.29, 1.82) is 0 Å². The van der Waals surface area contributed by atoms with Gasteiger partial charge in [-0.25, -0.2) is 4.79 Å². The molecule has 7 heteroatoms. The molecule has 2 aliphatic rings. The lowest BCUT2D eigenvalue weighted by Gasteiger charge is -2.27. The summed E-state index contributed by atoms with van der Waals surface area (Å²) in [5, 5.41) is 20.5. The average molecular weight is 571 g/mol. The topological polar surface area (TPSA) is 92.9 Å². The minimum Gasteiger partial charge on any atom is -0.479 e. The number of carbonyl (C=O) groups is 2.